The van der Waals surface area contributed by atoms with Crippen LogP contribution in [0.5, 0.6) is 5.75 Å². The molecule has 166 valence electrons. The normalized spacial score (nSPS) is 11.5. The molecule has 0 fully saturated rings. The maximum absolute atomic E-state index is 13.3. The first kappa shape index (κ1) is 23.4. The Morgan fingerprint density at radius 3 is 2.62 bits per heavy atom. The average molecular weight is 453 g/mol. The molecule has 1 heterocycles. The van der Waals surface area contributed by atoms with E-state index in [1.54, 1.807) is 30.5 Å². The minimum Gasteiger partial charge on any atom is -0.495 e. The fourth-order valence-corrected chi connectivity index (χ4v) is 3.54. The summed E-state index contributed by atoms with van der Waals surface area (Å²) >= 11 is 5.91. The molecule has 2 N–H and O–H groups in total. The summed E-state index contributed by atoms with van der Waals surface area (Å²) in [5, 5.41) is 12.8. The molecular weight excluding hydrogens is 428 g/mol. The summed E-state index contributed by atoms with van der Waals surface area (Å²) in [5.41, 5.74) is 1.64. The Morgan fingerprint density at radius 2 is 2.00 bits per heavy atom. The van der Waals surface area contributed by atoms with Gasteiger partial charge in [-0.15, -0.1) is 0 Å². The van der Waals surface area contributed by atoms with Crippen LogP contribution in [0.4, 0.5) is 0 Å². The standard InChI is InChI=1S/C25H25ClN2O4/c1-4-16(2)28-15-21(25(31)27-14-17-7-9-19(26)10-8-17)24(30)20-12-18(6-5-11-29)13-22(32-3)23(20)28/h7-10,12-13,15-16,29H,4,11,14H2,1-3H3,(H,27,31). The molecule has 0 spiro atoms. The summed E-state index contributed by atoms with van der Waals surface area (Å²) in [7, 11) is 1.52. The minimum absolute atomic E-state index is 0.0178. The summed E-state index contributed by atoms with van der Waals surface area (Å²) < 4.78 is 7.45. The van der Waals surface area contributed by atoms with E-state index in [0.717, 1.165) is 12.0 Å². The van der Waals surface area contributed by atoms with E-state index in [4.69, 9.17) is 21.4 Å². The number of methoxy groups -OCH3 is 1. The SMILES string of the molecule is CCC(C)n1cc(C(=O)NCc2ccc(Cl)cc2)c(=O)c2cc(C#CCO)cc(OC)c21. The second-order valence-corrected chi connectivity index (χ2v) is 7.82. The highest BCUT2D eigenvalue weighted by molar-refractivity contribution is 6.30. The lowest BCUT2D eigenvalue weighted by atomic mass is 10.0. The van der Waals surface area contributed by atoms with Crippen molar-refractivity contribution in [1.82, 2.24) is 9.88 Å². The Bertz CT molecular complexity index is 1250. The predicted octanol–water partition coefficient (Wildman–Crippen LogP) is 3.91. The predicted molar refractivity (Wildman–Crippen MR) is 126 cm³/mol. The first-order valence-corrected chi connectivity index (χ1v) is 10.7. The number of amides is 1. The van der Waals surface area contributed by atoms with Crippen LogP contribution in [0.1, 0.15) is 47.8 Å². The molecule has 1 unspecified atom stereocenters. The van der Waals surface area contributed by atoms with Crippen LogP contribution in [0, 0.1) is 11.8 Å². The van der Waals surface area contributed by atoms with Gasteiger partial charge in [0.2, 0.25) is 5.43 Å². The zero-order valence-corrected chi connectivity index (χ0v) is 19.0. The van der Waals surface area contributed by atoms with Crippen molar-refractivity contribution in [3.63, 3.8) is 0 Å². The molecular formula is C25H25ClN2O4. The van der Waals surface area contributed by atoms with E-state index < -0.39 is 11.3 Å². The molecule has 3 aromatic rings. The highest BCUT2D eigenvalue weighted by Crippen LogP contribution is 2.29. The van der Waals surface area contributed by atoms with Gasteiger partial charge < -0.3 is 19.7 Å². The van der Waals surface area contributed by atoms with E-state index in [2.05, 4.69) is 17.2 Å². The smallest absolute Gasteiger partial charge is 0.257 e. The Hall–Kier alpha value is -3.27. The zero-order valence-electron chi connectivity index (χ0n) is 18.2. The Kier molecular flexibility index (Phi) is 7.57. The topological polar surface area (TPSA) is 80.6 Å². The van der Waals surface area contributed by atoms with Crippen molar-refractivity contribution in [2.24, 2.45) is 0 Å². The Labute approximate surface area is 191 Å². The molecule has 1 amide bonds. The second kappa shape index (κ2) is 10.4. The van der Waals surface area contributed by atoms with Crippen LogP contribution in [-0.4, -0.2) is 29.3 Å². The molecule has 32 heavy (non-hydrogen) atoms. The van der Waals surface area contributed by atoms with Crippen LogP contribution in [0.15, 0.2) is 47.4 Å². The molecule has 0 bridgehead atoms. The summed E-state index contributed by atoms with van der Waals surface area (Å²) in [6, 6.07) is 10.5. The molecule has 1 atom stereocenters. The number of aliphatic hydroxyl groups is 1. The second-order valence-electron chi connectivity index (χ2n) is 7.38. The van der Waals surface area contributed by atoms with Gasteiger partial charge in [-0.1, -0.05) is 42.5 Å². The fraction of sp³-hybridized carbons (Fsp3) is 0.280. The third-order valence-corrected chi connectivity index (χ3v) is 5.55. The number of carbonyl (C=O) groups excluding carboxylic acids is 1. The van der Waals surface area contributed by atoms with Crippen LogP contribution >= 0.6 is 11.6 Å². The van der Waals surface area contributed by atoms with Crippen molar-refractivity contribution in [2.45, 2.75) is 32.9 Å². The number of fused-ring (bicyclic) bond motifs is 1. The number of aliphatic hydroxyl groups excluding tert-OH is 1. The van der Waals surface area contributed by atoms with Gasteiger partial charge in [0.05, 0.1) is 18.0 Å². The van der Waals surface area contributed by atoms with E-state index >= 15 is 0 Å². The molecule has 1 aromatic heterocycles. The van der Waals surface area contributed by atoms with E-state index in [1.165, 1.54) is 7.11 Å². The molecule has 0 radical (unpaired) electrons. The molecule has 0 saturated carbocycles. The summed E-state index contributed by atoms with van der Waals surface area (Å²) in [6.45, 7) is 4.01. The van der Waals surface area contributed by atoms with Gasteiger partial charge in [0, 0.05) is 29.4 Å². The van der Waals surface area contributed by atoms with Crippen LogP contribution in [0.2, 0.25) is 5.02 Å². The van der Waals surface area contributed by atoms with Crippen LogP contribution < -0.4 is 15.5 Å². The molecule has 0 aliphatic carbocycles. The number of benzene rings is 2. The molecule has 6 nitrogen and oxygen atoms in total. The van der Waals surface area contributed by atoms with Crippen LogP contribution in [0.25, 0.3) is 10.9 Å². The van der Waals surface area contributed by atoms with Gasteiger partial charge in [-0.2, -0.15) is 0 Å². The van der Waals surface area contributed by atoms with Crippen LogP contribution in [-0.2, 0) is 6.54 Å². The fourth-order valence-electron chi connectivity index (χ4n) is 3.41. The van der Waals surface area contributed by atoms with Crippen LogP contribution in [0.3, 0.4) is 0 Å². The van der Waals surface area contributed by atoms with E-state index in [-0.39, 0.29) is 24.8 Å². The van der Waals surface area contributed by atoms with Gasteiger partial charge in [0.1, 0.15) is 17.9 Å². The summed E-state index contributed by atoms with van der Waals surface area (Å²) in [4.78, 5) is 26.3. The summed E-state index contributed by atoms with van der Waals surface area (Å²) in [5.74, 6) is 5.41. The van der Waals surface area contributed by atoms with Gasteiger partial charge in [-0.05, 0) is 43.2 Å². The first-order valence-electron chi connectivity index (χ1n) is 10.3. The number of hydrogen-bond acceptors (Lipinski definition) is 4. The van der Waals surface area contributed by atoms with Crippen molar-refractivity contribution >= 4 is 28.4 Å². The number of aromatic nitrogens is 1. The molecule has 0 aliphatic rings. The summed E-state index contributed by atoms with van der Waals surface area (Å²) in [6.07, 6.45) is 2.39. The third-order valence-electron chi connectivity index (χ3n) is 5.30. The lowest BCUT2D eigenvalue weighted by molar-refractivity contribution is 0.0949. The lowest BCUT2D eigenvalue weighted by Crippen LogP contribution is -2.30. The third kappa shape index (κ3) is 4.96. The molecule has 0 saturated heterocycles. The van der Waals surface area contributed by atoms with Gasteiger partial charge in [-0.3, -0.25) is 9.59 Å². The van der Waals surface area contributed by atoms with E-state index in [0.29, 0.717) is 27.2 Å². The highest BCUT2D eigenvalue weighted by Gasteiger charge is 2.20. The minimum atomic E-state index is -0.463. The largest absolute Gasteiger partial charge is 0.495 e. The van der Waals surface area contributed by atoms with E-state index in [1.807, 2.05) is 30.5 Å². The van der Waals surface area contributed by atoms with Crippen molar-refractivity contribution < 1.29 is 14.6 Å². The molecule has 0 aliphatic heterocycles. The number of carbonyl (C=O) groups is 1. The monoisotopic (exact) mass is 452 g/mol. The van der Waals surface area contributed by atoms with Gasteiger partial charge in [-0.25, -0.2) is 0 Å². The molecule has 2 aromatic carbocycles. The lowest BCUT2D eigenvalue weighted by Gasteiger charge is -2.21. The average Bonchev–Trinajstić information content (AvgIpc) is 2.81. The van der Waals surface area contributed by atoms with Crippen molar-refractivity contribution in [3.8, 4) is 17.6 Å². The Morgan fingerprint density at radius 1 is 1.28 bits per heavy atom. The number of hydrogen-bond donors (Lipinski definition) is 2. The number of halogens is 1. The number of nitrogens with one attached hydrogen (secondary N) is 1. The quantitative estimate of drug-likeness (QED) is 0.556. The number of ether oxygens (including phenoxy) is 1. The van der Waals surface area contributed by atoms with Crippen molar-refractivity contribution in [1.29, 1.82) is 0 Å². The van der Waals surface area contributed by atoms with Crippen molar-refractivity contribution in [2.75, 3.05) is 13.7 Å². The van der Waals surface area contributed by atoms with Gasteiger partial charge >= 0.3 is 0 Å². The maximum Gasteiger partial charge on any atom is 0.257 e. The van der Waals surface area contributed by atoms with Gasteiger partial charge in [0.25, 0.3) is 5.91 Å². The number of pyridine rings is 1. The first-order chi connectivity index (χ1) is 15.4. The van der Waals surface area contributed by atoms with Gasteiger partial charge in [0.15, 0.2) is 0 Å². The maximum atomic E-state index is 13.3. The number of nitrogens with zero attached hydrogens (tertiary/aromatic N) is 1. The Balaban J connectivity index is 2.13. The van der Waals surface area contributed by atoms with E-state index in [9.17, 15) is 9.59 Å². The highest BCUT2D eigenvalue weighted by atomic mass is 35.5. The number of rotatable bonds is 6. The molecule has 7 heteroatoms. The van der Waals surface area contributed by atoms with Crippen molar-refractivity contribution in [3.05, 3.63) is 74.5 Å². The zero-order chi connectivity index (χ0) is 23.3. The molecule has 3 rings (SSSR count).